The first-order chi connectivity index (χ1) is 15.6. The van der Waals surface area contributed by atoms with Gasteiger partial charge in [-0.25, -0.2) is 4.39 Å². The monoisotopic (exact) mass is 441 g/mol. The normalized spacial score (nSPS) is 15.2. The summed E-state index contributed by atoms with van der Waals surface area (Å²) < 4.78 is 18.8. The van der Waals surface area contributed by atoms with Crippen LogP contribution in [0.1, 0.15) is 36.9 Å². The number of hydrogen-bond acceptors (Lipinski definition) is 4. The standard InChI is InChI=1S/C25H32FN3O3/c1-2-6-23(30)29(19-20-9-11-22(26)12-10-20)24(21-7-4-3-5-8-21)25(31)27-13-14-28-15-17-32-18-16-28/h3-5,7-12,24H,2,6,13-19H2,1H3,(H,27,31)/t24-/m0/s1. The zero-order valence-corrected chi connectivity index (χ0v) is 18.6. The summed E-state index contributed by atoms with van der Waals surface area (Å²) in [5.41, 5.74) is 1.53. The predicted octanol–water partition coefficient (Wildman–Crippen LogP) is 3.14. The van der Waals surface area contributed by atoms with E-state index >= 15 is 0 Å². The van der Waals surface area contributed by atoms with Gasteiger partial charge < -0.3 is 15.0 Å². The van der Waals surface area contributed by atoms with Crippen LogP contribution < -0.4 is 5.32 Å². The molecule has 2 aromatic rings. The van der Waals surface area contributed by atoms with Crippen molar-refractivity contribution in [2.45, 2.75) is 32.4 Å². The first-order valence-corrected chi connectivity index (χ1v) is 11.2. The van der Waals surface area contributed by atoms with E-state index in [2.05, 4.69) is 10.2 Å². The van der Waals surface area contributed by atoms with E-state index in [1.54, 1.807) is 17.0 Å². The van der Waals surface area contributed by atoms with Gasteiger partial charge in [0.05, 0.1) is 13.2 Å². The zero-order valence-electron chi connectivity index (χ0n) is 18.6. The molecule has 1 fully saturated rings. The molecule has 7 heteroatoms. The summed E-state index contributed by atoms with van der Waals surface area (Å²) in [6.07, 6.45) is 1.02. The van der Waals surface area contributed by atoms with Gasteiger partial charge in [0.1, 0.15) is 11.9 Å². The number of amides is 2. The van der Waals surface area contributed by atoms with Crippen LogP contribution >= 0.6 is 0 Å². The van der Waals surface area contributed by atoms with Gasteiger partial charge in [-0.05, 0) is 29.7 Å². The molecule has 1 heterocycles. The number of carbonyl (C=O) groups is 2. The third kappa shape index (κ3) is 6.87. The summed E-state index contributed by atoms with van der Waals surface area (Å²) in [5.74, 6) is -0.648. The second-order valence-electron chi connectivity index (χ2n) is 7.96. The molecular weight excluding hydrogens is 409 g/mol. The highest BCUT2D eigenvalue weighted by atomic mass is 19.1. The minimum absolute atomic E-state index is 0.103. The molecule has 1 saturated heterocycles. The summed E-state index contributed by atoms with van der Waals surface area (Å²) in [4.78, 5) is 30.3. The molecule has 0 radical (unpaired) electrons. The third-order valence-electron chi connectivity index (χ3n) is 5.56. The number of benzene rings is 2. The SMILES string of the molecule is CCCC(=O)N(Cc1ccc(F)cc1)[C@H](C(=O)NCCN1CCOCC1)c1ccccc1. The molecule has 1 aliphatic rings. The molecule has 0 aromatic heterocycles. The van der Waals surface area contributed by atoms with Crippen molar-refractivity contribution in [3.63, 3.8) is 0 Å². The fraction of sp³-hybridized carbons (Fsp3) is 0.440. The lowest BCUT2D eigenvalue weighted by Crippen LogP contribution is -2.46. The molecule has 1 N–H and O–H groups in total. The number of nitrogens with zero attached hydrogens (tertiary/aromatic N) is 2. The van der Waals surface area contributed by atoms with Crippen molar-refractivity contribution < 1.29 is 18.7 Å². The van der Waals surface area contributed by atoms with Gasteiger partial charge in [0, 0.05) is 39.1 Å². The zero-order chi connectivity index (χ0) is 22.8. The number of carbonyl (C=O) groups excluding carboxylic acids is 2. The number of halogens is 1. The lowest BCUT2D eigenvalue weighted by Gasteiger charge is -2.32. The molecule has 0 spiro atoms. The Morgan fingerprint density at radius 1 is 1.09 bits per heavy atom. The van der Waals surface area contributed by atoms with Gasteiger partial charge in [0.2, 0.25) is 11.8 Å². The summed E-state index contributed by atoms with van der Waals surface area (Å²) in [6, 6.07) is 14.6. The maximum Gasteiger partial charge on any atom is 0.247 e. The van der Waals surface area contributed by atoms with E-state index in [4.69, 9.17) is 4.74 Å². The molecule has 1 atom stereocenters. The number of nitrogens with one attached hydrogen (secondary N) is 1. The Kier molecular flexibility index (Phi) is 9.19. The van der Waals surface area contributed by atoms with Gasteiger partial charge >= 0.3 is 0 Å². The maximum atomic E-state index is 13.4. The lowest BCUT2D eigenvalue weighted by molar-refractivity contribution is -0.141. The maximum absolute atomic E-state index is 13.4. The smallest absolute Gasteiger partial charge is 0.247 e. The molecule has 0 bridgehead atoms. The highest BCUT2D eigenvalue weighted by molar-refractivity contribution is 5.88. The fourth-order valence-electron chi connectivity index (χ4n) is 3.83. The highest BCUT2D eigenvalue weighted by Gasteiger charge is 2.31. The summed E-state index contributed by atoms with van der Waals surface area (Å²) >= 11 is 0. The van der Waals surface area contributed by atoms with E-state index in [1.165, 1.54) is 12.1 Å². The van der Waals surface area contributed by atoms with E-state index in [9.17, 15) is 14.0 Å². The summed E-state index contributed by atoms with van der Waals surface area (Å²) in [5, 5.41) is 3.03. The number of hydrogen-bond donors (Lipinski definition) is 1. The predicted molar refractivity (Wildman–Crippen MR) is 121 cm³/mol. The Morgan fingerprint density at radius 3 is 2.44 bits per heavy atom. The Hall–Kier alpha value is -2.77. The Labute approximate surface area is 189 Å². The molecule has 2 amide bonds. The summed E-state index contributed by atoms with van der Waals surface area (Å²) in [6.45, 7) is 6.51. The minimum Gasteiger partial charge on any atom is -0.379 e. The quantitative estimate of drug-likeness (QED) is 0.615. The van der Waals surface area contributed by atoms with Gasteiger partial charge in [0.15, 0.2) is 0 Å². The molecule has 172 valence electrons. The molecule has 2 aromatic carbocycles. The molecule has 1 aliphatic heterocycles. The van der Waals surface area contributed by atoms with Crippen molar-refractivity contribution in [2.24, 2.45) is 0 Å². The molecule has 0 aliphatic carbocycles. The van der Waals surface area contributed by atoms with E-state index in [1.807, 2.05) is 37.3 Å². The van der Waals surface area contributed by atoms with Crippen LogP contribution in [0.5, 0.6) is 0 Å². The van der Waals surface area contributed by atoms with E-state index < -0.39 is 6.04 Å². The van der Waals surface area contributed by atoms with Crippen LogP contribution in [-0.2, 0) is 20.9 Å². The topological polar surface area (TPSA) is 61.9 Å². The Bertz CT molecular complexity index is 854. The van der Waals surface area contributed by atoms with Gasteiger partial charge in [-0.1, -0.05) is 49.4 Å². The van der Waals surface area contributed by atoms with Crippen molar-refractivity contribution in [2.75, 3.05) is 39.4 Å². The first-order valence-electron chi connectivity index (χ1n) is 11.2. The highest BCUT2D eigenvalue weighted by Crippen LogP contribution is 2.25. The lowest BCUT2D eigenvalue weighted by atomic mass is 10.0. The number of ether oxygens (including phenoxy) is 1. The molecule has 0 unspecified atom stereocenters. The first kappa shape index (κ1) is 23.9. The number of morpholine rings is 1. The average molecular weight is 442 g/mol. The van der Waals surface area contributed by atoms with E-state index in [0.717, 1.165) is 30.8 Å². The van der Waals surface area contributed by atoms with Crippen molar-refractivity contribution >= 4 is 11.8 Å². The van der Waals surface area contributed by atoms with Crippen molar-refractivity contribution in [1.29, 1.82) is 0 Å². The molecule has 0 saturated carbocycles. The second kappa shape index (κ2) is 12.3. The van der Waals surface area contributed by atoms with Crippen molar-refractivity contribution in [3.05, 3.63) is 71.5 Å². The second-order valence-corrected chi connectivity index (χ2v) is 7.96. The molecule has 3 rings (SSSR count). The van der Waals surface area contributed by atoms with Gasteiger partial charge in [-0.3, -0.25) is 14.5 Å². The van der Waals surface area contributed by atoms with Crippen molar-refractivity contribution in [1.82, 2.24) is 15.1 Å². The van der Waals surface area contributed by atoms with Crippen LogP contribution in [0.4, 0.5) is 4.39 Å². The average Bonchev–Trinajstić information content (AvgIpc) is 2.81. The molecular formula is C25H32FN3O3. The Morgan fingerprint density at radius 2 is 1.78 bits per heavy atom. The van der Waals surface area contributed by atoms with Crippen LogP contribution in [0, 0.1) is 5.82 Å². The van der Waals surface area contributed by atoms with Crippen LogP contribution in [0.15, 0.2) is 54.6 Å². The minimum atomic E-state index is -0.759. The van der Waals surface area contributed by atoms with Crippen molar-refractivity contribution in [3.8, 4) is 0 Å². The van der Waals surface area contributed by atoms with Gasteiger partial charge in [-0.15, -0.1) is 0 Å². The largest absolute Gasteiger partial charge is 0.379 e. The van der Waals surface area contributed by atoms with E-state index in [-0.39, 0.29) is 24.2 Å². The summed E-state index contributed by atoms with van der Waals surface area (Å²) in [7, 11) is 0. The molecule has 6 nitrogen and oxygen atoms in total. The number of rotatable bonds is 10. The molecule has 32 heavy (non-hydrogen) atoms. The van der Waals surface area contributed by atoms with E-state index in [0.29, 0.717) is 32.6 Å². The fourth-order valence-corrected chi connectivity index (χ4v) is 3.83. The Balaban J connectivity index is 1.79. The van der Waals surface area contributed by atoms with Gasteiger partial charge in [-0.2, -0.15) is 0 Å². The van der Waals surface area contributed by atoms with Crippen LogP contribution in [0.25, 0.3) is 0 Å². The van der Waals surface area contributed by atoms with Crippen LogP contribution in [0.2, 0.25) is 0 Å². The van der Waals surface area contributed by atoms with Crippen LogP contribution in [0.3, 0.4) is 0 Å². The third-order valence-corrected chi connectivity index (χ3v) is 5.56. The van der Waals surface area contributed by atoms with Gasteiger partial charge in [0.25, 0.3) is 0 Å². The van der Waals surface area contributed by atoms with Crippen LogP contribution in [-0.4, -0.2) is 61.0 Å².